The number of para-hydroxylation sites is 1. The molecule has 0 atom stereocenters. The molecule has 33 heavy (non-hydrogen) atoms. The van der Waals surface area contributed by atoms with Gasteiger partial charge in [0.2, 0.25) is 0 Å². The number of rotatable bonds is 8. The van der Waals surface area contributed by atoms with Gasteiger partial charge in [0.1, 0.15) is 16.8 Å². The fourth-order valence-corrected chi connectivity index (χ4v) is 3.60. The number of hydrogen-bond donors (Lipinski definition) is 1. The van der Waals surface area contributed by atoms with Gasteiger partial charge in [0.05, 0.1) is 5.69 Å². The third-order valence-corrected chi connectivity index (χ3v) is 5.62. The van der Waals surface area contributed by atoms with E-state index in [-0.39, 0.29) is 5.91 Å². The largest absolute Gasteiger partial charge is 0.478 e. The molecule has 0 saturated heterocycles. The number of fused-ring (bicyclic) bond motifs is 1. The number of unbranched alkanes of at least 4 members (excludes halogenated alkanes) is 1. The highest BCUT2D eigenvalue weighted by Crippen LogP contribution is 2.25. The van der Waals surface area contributed by atoms with Crippen molar-refractivity contribution in [3.63, 3.8) is 0 Å². The Balaban J connectivity index is 1.53. The lowest BCUT2D eigenvalue weighted by Gasteiger charge is -2.25. The van der Waals surface area contributed by atoms with E-state index in [0.717, 1.165) is 23.2 Å². The second-order valence-corrected chi connectivity index (χ2v) is 8.79. The van der Waals surface area contributed by atoms with Crippen LogP contribution >= 0.6 is 0 Å². The standard InChI is InChI=1S/C27H30N4O2/c1-5-6-10-20-13-15-21(16-14-20)31-29-24-17-19(2)23(18-25(24)30-31)28-26(32)27(3,4)33-22-11-8-7-9-12-22/h7-9,11-18H,5-6,10H2,1-4H3,(H,28,32). The summed E-state index contributed by atoms with van der Waals surface area (Å²) < 4.78 is 5.92. The van der Waals surface area contributed by atoms with Crippen molar-refractivity contribution in [2.75, 3.05) is 5.32 Å². The Morgan fingerprint density at radius 3 is 2.33 bits per heavy atom. The number of carbonyl (C=O) groups excluding carboxylic acids is 1. The number of benzene rings is 3. The van der Waals surface area contributed by atoms with Gasteiger partial charge < -0.3 is 10.1 Å². The summed E-state index contributed by atoms with van der Waals surface area (Å²) >= 11 is 0. The molecule has 1 N–H and O–H groups in total. The summed E-state index contributed by atoms with van der Waals surface area (Å²) in [6.45, 7) is 7.65. The Morgan fingerprint density at radius 2 is 1.67 bits per heavy atom. The van der Waals surface area contributed by atoms with Crippen LogP contribution in [0.25, 0.3) is 16.7 Å². The topological polar surface area (TPSA) is 69.0 Å². The SMILES string of the molecule is CCCCc1ccc(-n2nc3cc(C)c(NC(=O)C(C)(C)Oc4ccccc4)cc3n2)cc1. The number of carbonyl (C=O) groups is 1. The molecule has 1 amide bonds. The summed E-state index contributed by atoms with van der Waals surface area (Å²) in [4.78, 5) is 14.6. The van der Waals surface area contributed by atoms with E-state index in [2.05, 4.69) is 34.6 Å². The number of nitrogens with one attached hydrogen (secondary N) is 1. The van der Waals surface area contributed by atoms with Crippen LogP contribution in [-0.4, -0.2) is 26.5 Å². The van der Waals surface area contributed by atoms with Gasteiger partial charge in [0.15, 0.2) is 5.60 Å². The Bertz CT molecular complexity index is 1240. The van der Waals surface area contributed by atoms with Crippen molar-refractivity contribution in [2.45, 2.75) is 52.6 Å². The lowest BCUT2D eigenvalue weighted by Crippen LogP contribution is -2.42. The first-order valence-electron chi connectivity index (χ1n) is 11.4. The van der Waals surface area contributed by atoms with Crippen LogP contribution in [0.1, 0.15) is 44.7 Å². The minimum atomic E-state index is -1.04. The van der Waals surface area contributed by atoms with Crippen LogP contribution < -0.4 is 10.1 Å². The zero-order valence-corrected chi connectivity index (χ0v) is 19.6. The van der Waals surface area contributed by atoms with Crippen molar-refractivity contribution >= 4 is 22.6 Å². The highest BCUT2D eigenvalue weighted by Gasteiger charge is 2.30. The summed E-state index contributed by atoms with van der Waals surface area (Å²) in [6, 6.07) is 21.5. The quantitative estimate of drug-likeness (QED) is 0.371. The van der Waals surface area contributed by atoms with Crippen LogP contribution in [-0.2, 0) is 11.2 Å². The molecule has 4 aromatic rings. The summed E-state index contributed by atoms with van der Waals surface area (Å²) in [6.07, 6.45) is 3.45. The van der Waals surface area contributed by atoms with Crippen LogP contribution in [0, 0.1) is 6.92 Å². The number of amides is 1. The first kappa shape index (κ1) is 22.5. The molecule has 3 aromatic carbocycles. The molecule has 0 aliphatic rings. The minimum Gasteiger partial charge on any atom is -0.478 e. The van der Waals surface area contributed by atoms with E-state index in [1.165, 1.54) is 18.4 Å². The average molecular weight is 443 g/mol. The van der Waals surface area contributed by atoms with Gasteiger partial charge in [-0.2, -0.15) is 4.80 Å². The predicted octanol–water partition coefficient (Wildman–Crippen LogP) is 5.87. The van der Waals surface area contributed by atoms with Gasteiger partial charge in [0, 0.05) is 5.69 Å². The van der Waals surface area contributed by atoms with Crippen LogP contribution in [0.2, 0.25) is 0 Å². The molecule has 0 saturated carbocycles. The normalized spacial score (nSPS) is 11.5. The number of nitrogens with zero attached hydrogens (tertiary/aromatic N) is 3. The lowest BCUT2D eigenvalue weighted by molar-refractivity contribution is -0.128. The van der Waals surface area contributed by atoms with Gasteiger partial charge in [0.25, 0.3) is 5.91 Å². The second-order valence-electron chi connectivity index (χ2n) is 8.79. The molecule has 0 aliphatic carbocycles. The van der Waals surface area contributed by atoms with Crippen molar-refractivity contribution in [1.82, 2.24) is 15.0 Å². The molecular formula is C27H30N4O2. The van der Waals surface area contributed by atoms with E-state index in [1.807, 2.05) is 61.5 Å². The molecule has 0 unspecified atom stereocenters. The number of anilines is 1. The van der Waals surface area contributed by atoms with E-state index < -0.39 is 5.60 Å². The monoisotopic (exact) mass is 442 g/mol. The zero-order chi connectivity index (χ0) is 23.4. The van der Waals surface area contributed by atoms with E-state index in [9.17, 15) is 4.79 Å². The van der Waals surface area contributed by atoms with E-state index in [0.29, 0.717) is 17.0 Å². The van der Waals surface area contributed by atoms with Gasteiger partial charge in [-0.05, 0) is 81.1 Å². The van der Waals surface area contributed by atoms with Crippen molar-refractivity contribution in [2.24, 2.45) is 0 Å². The highest BCUT2D eigenvalue weighted by molar-refractivity contribution is 5.99. The molecule has 0 spiro atoms. The third kappa shape index (κ3) is 5.22. The van der Waals surface area contributed by atoms with Gasteiger partial charge in [-0.1, -0.05) is 43.7 Å². The molecule has 1 heterocycles. The molecule has 0 fully saturated rings. The molecule has 0 aliphatic heterocycles. The van der Waals surface area contributed by atoms with Gasteiger partial charge in [-0.25, -0.2) is 0 Å². The molecule has 0 radical (unpaired) electrons. The summed E-state index contributed by atoms with van der Waals surface area (Å²) in [7, 11) is 0. The summed E-state index contributed by atoms with van der Waals surface area (Å²) in [5, 5.41) is 12.3. The maximum atomic E-state index is 13.0. The molecular weight excluding hydrogens is 412 g/mol. The Labute approximate surface area is 194 Å². The first-order valence-corrected chi connectivity index (χ1v) is 11.4. The van der Waals surface area contributed by atoms with Crippen molar-refractivity contribution in [3.05, 3.63) is 77.9 Å². The lowest BCUT2D eigenvalue weighted by atomic mass is 10.1. The molecule has 6 nitrogen and oxygen atoms in total. The Hall–Kier alpha value is -3.67. The third-order valence-electron chi connectivity index (χ3n) is 5.62. The van der Waals surface area contributed by atoms with E-state index in [1.54, 1.807) is 18.6 Å². The number of aromatic nitrogens is 3. The zero-order valence-electron chi connectivity index (χ0n) is 19.6. The van der Waals surface area contributed by atoms with Crippen LogP contribution in [0.3, 0.4) is 0 Å². The second kappa shape index (κ2) is 9.45. The fraction of sp³-hybridized carbons (Fsp3) is 0.296. The highest BCUT2D eigenvalue weighted by atomic mass is 16.5. The van der Waals surface area contributed by atoms with Gasteiger partial charge in [-0.15, -0.1) is 10.2 Å². The Morgan fingerprint density at radius 1 is 1.00 bits per heavy atom. The van der Waals surface area contributed by atoms with E-state index in [4.69, 9.17) is 4.74 Å². The smallest absolute Gasteiger partial charge is 0.267 e. The number of ether oxygens (including phenoxy) is 1. The molecule has 0 bridgehead atoms. The van der Waals surface area contributed by atoms with Crippen LogP contribution in [0.4, 0.5) is 5.69 Å². The summed E-state index contributed by atoms with van der Waals surface area (Å²) in [5.41, 5.74) is 4.28. The van der Waals surface area contributed by atoms with Crippen LogP contribution in [0.15, 0.2) is 66.7 Å². The predicted molar refractivity (Wildman–Crippen MR) is 132 cm³/mol. The Kier molecular flexibility index (Phi) is 6.45. The molecule has 1 aromatic heterocycles. The summed E-state index contributed by atoms with van der Waals surface area (Å²) in [5.74, 6) is 0.414. The van der Waals surface area contributed by atoms with Crippen molar-refractivity contribution in [3.8, 4) is 11.4 Å². The van der Waals surface area contributed by atoms with Crippen molar-refractivity contribution in [1.29, 1.82) is 0 Å². The number of hydrogen-bond acceptors (Lipinski definition) is 4. The fourth-order valence-electron chi connectivity index (χ4n) is 3.60. The van der Waals surface area contributed by atoms with Gasteiger partial charge in [-0.3, -0.25) is 4.79 Å². The average Bonchev–Trinajstić information content (AvgIpc) is 3.21. The number of aryl methyl sites for hydroxylation is 2. The molecule has 4 rings (SSSR count). The minimum absolute atomic E-state index is 0.233. The maximum Gasteiger partial charge on any atom is 0.267 e. The van der Waals surface area contributed by atoms with Gasteiger partial charge >= 0.3 is 0 Å². The van der Waals surface area contributed by atoms with Crippen LogP contribution in [0.5, 0.6) is 5.75 Å². The first-order chi connectivity index (χ1) is 15.9. The van der Waals surface area contributed by atoms with Crippen molar-refractivity contribution < 1.29 is 9.53 Å². The molecule has 6 heteroatoms. The molecule has 170 valence electrons. The maximum absolute atomic E-state index is 13.0. The van der Waals surface area contributed by atoms with E-state index >= 15 is 0 Å².